The van der Waals surface area contributed by atoms with E-state index in [9.17, 15) is 21.6 Å². The minimum absolute atomic E-state index is 0.0773. The molecular weight excluding hydrogens is 436 g/mol. The first-order chi connectivity index (χ1) is 14.3. The molecule has 3 fully saturated rings. The lowest BCUT2D eigenvalue weighted by molar-refractivity contribution is -0.128. The summed E-state index contributed by atoms with van der Waals surface area (Å²) in [6.07, 6.45) is 2.00. The number of carbonyl (C=O) groups is 1. The van der Waals surface area contributed by atoms with Gasteiger partial charge in [-0.15, -0.1) is 0 Å². The van der Waals surface area contributed by atoms with Crippen LogP contribution >= 0.6 is 0 Å². The van der Waals surface area contributed by atoms with E-state index in [-0.39, 0.29) is 53.9 Å². The van der Waals surface area contributed by atoms with Gasteiger partial charge < -0.3 is 0 Å². The summed E-state index contributed by atoms with van der Waals surface area (Å²) in [6.45, 7) is 8.12. The molecule has 2 unspecified atom stereocenters. The molecule has 2 aliphatic carbocycles. The second kappa shape index (κ2) is 7.37. The zero-order valence-electron chi connectivity index (χ0n) is 18.7. The van der Waals surface area contributed by atoms with Crippen LogP contribution < -0.4 is 0 Å². The van der Waals surface area contributed by atoms with Gasteiger partial charge in [0.25, 0.3) is 0 Å². The number of rotatable bonds is 5. The first-order valence-corrected chi connectivity index (χ1v) is 13.9. The lowest BCUT2D eigenvalue weighted by Gasteiger charge is -2.39. The molecule has 0 spiro atoms. The highest BCUT2D eigenvalue weighted by Crippen LogP contribution is 2.64. The Bertz CT molecular complexity index is 1120. The molecule has 0 radical (unpaired) electrons. The van der Waals surface area contributed by atoms with Crippen LogP contribution in [0, 0.1) is 30.6 Å². The summed E-state index contributed by atoms with van der Waals surface area (Å²) >= 11 is 0. The van der Waals surface area contributed by atoms with Crippen LogP contribution in [0.3, 0.4) is 0 Å². The fourth-order valence-corrected chi connectivity index (χ4v) is 9.76. The molecular formula is C22H32N2O5S2. The van der Waals surface area contributed by atoms with Crippen LogP contribution in [0.25, 0.3) is 0 Å². The summed E-state index contributed by atoms with van der Waals surface area (Å²) in [4.78, 5) is 13.0. The van der Waals surface area contributed by atoms with Gasteiger partial charge in [-0.25, -0.2) is 16.8 Å². The summed E-state index contributed by atoms with van der Waals surface area (Å²) in [7, 11) is -7.36. The van der Waals surface area contributed by atoms with Gasteiger partial charge in [-0.2, -0.15) is 8.61 Å². The predicted octanol–water partition coefficient (Wildman–Crippen LogP) is 2.33. The molecule has 2 bridgehead atoms. The highest BCUT2D eigenvalue weighted by Gasteiger charge is 2.65. The summed E-state index contributed by atoms with van der Waals surface area (Å²) in [5, 5.41) is 0. The molecule has 4 rings (SSSR count). The van der Waals surface area contributed by atoms with Crippen molar-refractivity contribution in [1.29, 1.82) is 0 Å². The Morgan fingerprint density at radius 1 is 1.00 bits per heavy atom. The lowest BCUT2D eigenvalue weighted by Crippen LogP contribution is -2.53. The average Bonchev–Trinajstić information content (AvgIpc) is 3.04. The molecule has 0 aromatic heterocycles. The first-order valence-electron chi connectivity index (χ1n) is 10.9. The predicted molar refractivity (Wildman–Crippen MR) is 119 cm³/mol. The third kappa shape index (κ3) is 3.48. The molecule has 1 aromatic rings. The third-order valence-corrected chi connectivity index (χ3v) is 12.2. The highest BCUT2D eigenvalue weighted by molar-refractivity contribution is 7.89. The highest BCUT2D eigenvalue weighted by atomic mass is 32.2. The van der Waals surface area contributed by atoms with Crippen LogP contribution in [0.2, 0.25) is 0 Å². The van der Waals surface area contributed by atoms with Gasteiger partial charge in [-0.1, -0.05) is 26.0 Å². The Balaban J connectivity index is 1.50. The number of fused-ring (bicyclic) bond motifs is 2. The Kier molecular flexibility index (Phi) is 5.44. The second-order valence-electron chi connectivity index (χ2n) is 10.00. The minimum atomic E-state index is -3.69. The number of carbonyl (C=O) groups excluding carboxylic acids is 1. The quantitative estimate of drug-likeness (QED) is 0.661. The van der Waals surface area contributed by atoms with Crippen LogP contribution in [-0.4, -0.2) is 63.2 Å². The van der Waals surface area contributed by atoms with E-state index in [2.05, 4.69) is 0 Å². The molecule has 1 heterocycles. The van der Waals surface area contributed by atoms with Crippen LogP contribution in [-0.2, 0) is 24.8 Å². The molecule has 2 saturated carbocycles. The second-order valence-corrected chi connectivity index (χ2v) is 13.9. The van der Waals surface area contributed by atoms with Crippen LogP contribution in [0.4, 0.5) is 0 Å². The molecule has 172 valence electrons. The van der Waals surface area contributed by atoms with Gasteiger partial charge in [0.15, 0.2) is 0 Å². The smallest absolute Gasteiger partial charge is 0.243 e. The van der Waals surface area contributed by atoms with E-state index in [1.165, 1.54) is 8.61 Å². The zero-order valence-corrected chi connectivity index (χ0v) is 20.4. The maximum absolute atomic E-state index is 13.3. The summed E-state index contributed by atoms with van der Waals surface area (Å²) < 4.78 is 55.6. The topological polar surface area (TPSA) is 91.8 Å². The number of hydrogen-bond acceptors (Lipinski definition) is 5. The Labute approximate surface area is 185 Å². The third-order valence-electron chi connectivity index (χ3n) is 8.12. The van der Waals surface area contributed by atoms with Crippen molar-refractivity contribution < 1.29 is 21.6 Å². The fourth-order valence-electron chi connectivity index (χ4n) is 5.82. The van der Waals surface area contributed by atoms with Gasteiger partial charge in [0, 0.05) is 38.0 Å². The first kappa shape index (κ1) is 22.9. The van der Waals surface area contributed by atoms with E-state index in [0.29, 0.717) is 18.4 Å². The fraction of sp³-hybridized carbons (Fsp3) is 0.682. The van der Waals surface area contributed by atoms with Crippen molar-refractivity contribution in [1.82, 2.24) is 8.61 Å². The van der Waals surface area contributed by atoms with Crippen molar-refractivity contribution >= 4 is 25.8 Å². The van der Waals surface area contributed by atoms with Crippen molar-refractivity contribution in [2.24, 2.45) is 16.7 Å². The Morgan fingerprint density at radius 2 is 1.61 bits per heavy atom. The van der Waals surface area contributed by atoms with Gasteiger partial charge in [0.2, 0.25) is 20.0 Å². The standard InChI is InChI=1S/C22H32N2O5S2/c1-16-5-6-17(2)19(13-16)31(28,29)24-11-9-23(10-12-24)30(26,27)15-22-8-7-18(14-20(22)25)21(22,3)4/h5-6,13,18H,7-12,14-15H2,1-4H3. The van der Waals surface area contributed by atoms with Crippen molar-refractivity contribution in [3.05, 3.63) is 29.3 Å². The largest absolute Gasteiger partial charge is 0.299 e. The SMILES string of the molecule is Cc1ccc(C)c(S(=O)(=O)N2CCN(S(=O)(=O)CC34CCC(CC3=O)C4(C)C)CC2)c1. The number of Topliss-reactive ketones (excluding diaryl/α,β-unsaturated/α-hetero) is 1. The number of aryl methyl sites for hydroxylation is 2. The monoisotopic (exact) mass is 468 g/mol. The molecule has 2 atom stereocenters. The Morgan fingerprint density at radius 3 is 2.16 bits per heavy atom. The molecule has 1 saturated heterocycles. The van der Waals surface area contributed by atoms with E-state index < -0.39 is 25.5 Å². The van der Waals surface area contributed by atoms with E-state index in [1.807, 2.05) is 26.8 Å². The van der Waals surface area contributed by atoms with Crippen molar-refractivity contribution in [3.63, 3.8) is 0 Å². The maximum atomic E-state index is 13.3. The van der Waals surface area contributed by atoms with Gasteiger partial charge >= 0.3 is 0 Å². The minimum Gasteiger partial charge on any atom is -0.299 e. The van der Waals surface area contributed by atoms with E-state index in [0.717, 1.165) is 12.0 Å². The number of ketones is 1. The van der Waals surface area contributed by atoms with E-state index in [1.54, 1.807) is 19.1 Å². The number of sulfonamides is 2. The van der Waals surface area contributed by atoms with Crippen molar-refractivity contribution in [2.45, 2.75) is 51.9 Å². The van der Waals surface area contributed by atoms with E-state index >= 15 is 0 Å². The lowest BCUT2D eigenvalue weighted by atomic mass is 9.70. The molecule has 7 nitrogen and oxygen atoms in total. The Hall–Kier alpha value is -1.29. The van der Waals surface area contributed by atoms with Crippen LogP contribution in [0.1, 0.15) is 44.2 Å². The molecule has 1 aliphatic heterocycles. The van der Waals surface area contributed by atoms with Crippen molar-refractivity contribution in [2.75, 3.05) is 31.9 Å². The van der Waals surface area contributed by atoms with Gasteiger partial charge in [-0.05, 0) is 55.2 Å². The average molecular weight is 469 g/mol. The molecule has 0 N–H and O–H groups in total. The molecule has 9 heteroatoms. The van der Waals surface area contributed by atoms with Crippen LogP contribution in [0.5, 0.6) is 0 Å². The maximum Gasteiger partial charge on any atom is 0.243 e. The molecule has 3 aliphatic rings. The summed E-state index contributed by atoms with van der Waals surface area (Å²) in [5.74, 6) is 0.176. The van der Waals surface area contributed by atoms with Gasteiger partial charge in [0.05, 0.1) is 10.6 Å². The number of piperazine rings is 1. The number of nitrogens with zero attached hydrogens (tertiary/aromatic N) is 2. The summed E-state index contributed by atoms with van der Waals surface area (Å²) in [5.41, 5.74) is 0.421. The summed E-state index contributed by atoms with van der Waals surface area (Å²) in [6, 6.07) is 5.33. The zero-order chi connectivity index (χ0) is 22.8. The molecule has 31 heavy (non-hydrogen) atoms. The van der Waals surface area contributed by atoms with Gasteiger partial charge in [0.1, 0.15) is 5.78 Å². The van der Waals surface area contributed by atoms with E-state index in [4.69, 9.17) is 0 Å². The van der Waals surface area contributed by atoms with Gasteiger partial charge in [-0.3, -0.25) is 4.79 Å². The molecule has 1 aromatic carbocycles. The number of benzene rings is 1. The number of hydrogen-bond donors (Lipinski definition) is 0. The molecule has 0 amide bonds. The van der Waals surface area contributed by atoms with Crippen LogP contribution in [0.15, 0.2) is 23.1 Å². The normalized spacial score (nSPS) is 29.5. The van der Waals surface area contributed by atoms with Crippen molar-refractivity contribution in [3.8, 4) is 0 Å².